The Morgan fingerprint density at radius 1 is 1.00 bits per heavy atom. The maximum atomic E-state index is 13.0. The number of amides is 2. The van der Waals surface area contributed by atoms with E-state index >= 15 is 0 Å². The van der Waals surface area contributed by atoms with Crippen LogP contribution < -0.4 is 5.32 Å². The lowest BCUT2D eigenvalue weighted by molar-refractivity contribution is -0.143. The van der Waals surface area contributed by atoms with E-state index in [9.17, 15) is 40.4 Å². The highest BCUT2D eigenvalue weighted by Gasteiger charge is 2.36. The van der Waals surface area contributed by atoms with E-state index in [0.717, 1.165) is 19.4 Å². The fraction of sp³-hybridized carbons (Fsp3) is 0.480. The number of benzene rings is 2. The number of hydrogen-bond acceptors (Lipinski definition) is 3. The number of halogens is 7. The van der Waals surface area contributed by atoms with Crippen LogP contribution in [0.5, 0.6) is 0 Å². The van der Waals surface area contributed by atoms with Crippen LogP contribution in [0.25, 0.3) is 0 Å². The molecule has 1 saturated carbocycles. The Bertz CT molecular complexity index is 1010. The van der Waals surface area contributed by atoms with E-state index in [1.807, 2.05) is 19.2 Å². The first-order valence-electron chi connectivity index (χ1n) is 11.5. The fourth-order valence-electron chi connectivity index (χ4n) is 4.34. The largest absolute Gasteiger partial charge is 0.416 e. The third kappa shape index (κ3) is 9.32. The molecule has 1 aliphatic rings. The van der Waals surface area contributed by atoms with Crippen molar-refractivity contribution < 1.29 is 35.5 Å². The lowest BCUT2D eigenvalue weighted by Gasteiger charge is -2.32. The molecule has 1 unspecified atom stereocenters. The number of urea groups is 1. The number of nitrogens with one attached hydrogen (secondary N) is 1. The number of carbonyl (C=O) groups is 1. The number of nitroso groups, excluding NO2 is 1. The van der Waals surface area contributed by atoms with Crippen molar-refractivity contribution in [2.24, 2.45) is 11.1 Å². The highest BCUT2D eigenvalue weighted by Crippen LogP contribution is 2.37. The van der Waals surface area contributed by atoms with Crippen LogP contribution in [-0.2, 0) is 18.9 Å². The number of hydrogen-bond donors (Lipinski definition) is 1. The minimum Gasteiger partial charge on any atom is -0.341 e. The quantitative estimate of drug-likeness (QED) is 0.321. The standard InChI is InChI=1S/C16H23FN2O.C9H5F6NO/c1-18-16(20)19(2)11-12-4-3-5-14(10-12)13-6-8-15(17)9-7-13;10-8(11,12)6-1-5(4-16-17)2-7(3-6)9(13,14)15/h6-9,12,14H,3-5,10-11H2,1-2H3,(H,18,20);1-3H,4H2/t12?,14-;/m1./s1. The van der Waals surface area contributed by atoms with Gasteiger partial charge in [0.1, 0.15) is 12.4 Å². The Kier molecular flexibility index (Phi) is 10.4. The average molecular weight is 536 g/mol. The zero-order chi connectivity index (χ0) is 27.8. The highest BCUT2D eigenvalue weighted by atomic mass is 19.4. The topological polar surface area (TPSA) is 61.8 Å². The molecule has 37 heavy (non-hydrogen) atoms. The van der Waals surface area contributed by atoms with Crippen LogP contribution in [0.2, 0.25) is 0 Å². The van der Waals surface area contributed by atoms with Crippen molar-refractivity contribution >= 4 is 6.03 Å². The van der Waals surface area contributed by atoms with Gasteiger partial charge in [-0.3, -0.25) is 0 Å². The van der Waals surface area contributed by atoms with Gasteiger partial charge in [-0.25, -0.2) is 9.18 Å². The van der Waals surface area contributed by atoms with Gasteiger partial charge in [0.25, 0.3) is 0 Å². The second kappa shape index (κ2) is 12.9. The van der Waals surface area contributed by atoms with Crippen LogP contribution in [0.3, 0.4) is 0 Å². The molecule has 0 heterocycles. The molecular weight excluding hydrogens is 507 g/mol. The third-order valence-corrected chi connectivity index (χ3v) is 6.11. The monoisotopic (exact) mass is 535 g/mol. The van der Waals surface area contributed by atoms with Crippen molar-refractivity contribution in [2.45, 2.75) is 50.5 Å². The molecule has 0 aromatic heterocycles. The molecule has 2 amide bonds. The molecule has 0 radical (unpaired) electrons. The van der Waals surface area contributed by atoms with Crippen molar-refractivity contribution in [2.75, 3.05) is 20.6 Å². The minimum absolute atomic E-state index is 0.00565. The second-order valence-electron chi connectivity index (χ2n) is 8.92. The molecule has 204 valence electrons. The Morgan fingerprint density at radius 2 is 1.57 bits per heavy atom. The second-order valence-corrected chi connectivity index (χ2v) is 8.92. The van der Waals surface area contributed by atoms with Crippen molar-refractivity contribution in [3.05, 3.63) is 75.4 Å². The number of alkyl halides is 6. The Morgan fingerprint density at radius 3 is 2.05 bits per heavy atom. The van der Waals surface area contributed by atoms with Gasteiger partial charge in [0.15, 0.2) is 0 Å². The van der Waals surface area contributed by atoms with Crippen molar-refractivity contribution in [3.63, 3.8) is 0 Å². The van der Waals surface area contributed by atoms with Crippen molar-refractivity contribution in [3.8, 4) is 0 Å². The lowest BCUT2D eigenvalue weighted by Crippen LogP contribution is -2.38. The first-order chi connectivity index (χ1) is 17.2. The average Bonchev–Trinajstić information content (AvgIpc) is 2.83. The maximum absolute atomic E-state index is 13.0. The fourth-order valence-corrected chi connectivity index (χ4v) is 4.34. The van der Waals surface area contributed by atoms with Gasteiger partial charge in [-0.1, -0.05) is 23.7 Å². The van der Waals surface area contributed by atoms with E-state index in [1.54, 1.807) is 11.9 Å². The SMILES string of the molecule is CNC(=O)N(C)CC1CCC[C@@H](c2ccc(F)cc2)C1.O=NCc1cc(C(F)(F)F)cc(C(F)(F)F)c1. The summed E-state index contributed by atoms with van der Waals surface area (Å²) in [6.07, 6.45) is -5.23. The zero-order valence-corrected chi connectivity index (χ0v) is 20.3. The summed E-state index contributed by atoms with van der Waals surface area (Å²) < 4.78 is 86.8. The van der Waals surface area contributed by atoms with E-state index in [1.165, 1.54) is 30.5 Å². The maximum Gasteiger partial charge on any atom is 0.416 e. The zero-order valence-electron chi connectivity index (χ0n) is 20.3. The Labute approximate surface area is 210 Å². The number of rotatable bonds is 5. The van der Waals surface area contributed by atoms with Crippen LogP contribution in [0.1, 0.15) is 53.9 Å². The minimum atomic E-state index is -4.90. The number of nitrogens with zero attached hydrogens (tertiary/aromatic N) is 2. The van der Waals surface area contributed by atoms with Crippen LogP contribution in [-0.4, -0.2) is 31.6 Å². The van der Waals surface area contributed by atoms with Crippen LogP contribution in [0.4, 0.5) is 35.5 Å². The molecule has 2 atom stereocenters. The van der Waals surface area contributed by atoms with Gasteiger partial charge in [-0.2, -0.15) is 31.2 Å². The summed E-state index contributed by atoms with van der Waals surface area (Å²) in [4.78, 5) is 23.2. The molecule has 0 spiro atoms. The van der Waals surface area contributed by atoms with E-state index in [-0.39, 0.29) is 17.9 Å². The predicted molar refractivity (Wildman–Crippen MR) is 124 cm³/mol. The van der Waals surface area contributed by atoms with Crippen molar-refractivity contribution in [1.29, 1.82) is 0 Å². The highest BCUT2D eigenvalue weighted by molar-refractivity contribution is 5.73. The smallest absolute Gasteiger partial charge is 0.341 e. The van der Waals surface area contributed by atoms with E-state index in [4.69, 9.17) is 0 Å². The van der Waals surface area contributed by atoms with Gasteiger partial charge in [0, 0.05) is 20.6 Å². The summed E-state index contributed by atoms with van der Waals surface area (Å²) >= 11 is 0. The molecule has 12 heteroatoms. The first-order valence-corrected chi connectivity index (χ1v) is 11.5. The molecule has 0 bridgehead atoms. The van der Waals surface area contributed by atoms with Crippen LogP contribution in [0.15, 0.2) is 47.6 Å². The molecule has 0 saturated heterocycles. The Balaban J connectivity index is 0.000000264. The molecule has 1 aliphatic carbocycles. The van der Waals surface area contributed by atoms with Gasteiger partial charge >= 0.3 is 18.4 Å². The molecule has 2 aromatic carbocycles. The third-order valence-electron chi connectivity index (χ3n) is 6.11. The first kappa shape index (κ1) is 30.0. The van der Waals surface area contributed by atoms with Gasteiger partial charge in [-0.15, -0.1) is 0 Å². The van der Waals surface area contributed by atoms with Gasteiger partial charge < -0.3 is 10.2 Å². The summed E-state index contributed by atoms with van der Waals surface area (Å²) in [5.74, 6) is 0.842. The molecule has 3 rings (SSSR count). The van der Waals surface area contributed by atoms with E-state index in [0.29, 0.717) is 24.0 Å². The Hall–Kier alpha value is -3.18. The number of carbonyl (C=O) groups excluding carboxylic acids is 1. The van der Waals surface area contributed by atoms with Gasteiger partial charge in [-0.05, 0) is 72.6 Å². The van der Waals surface area contributed by atoms with Gasteiger partial charge in [0.05, 0.1) is 11.1 Å². The van der Waals surface area contributed by atoms with Crippen LogP contribution >= 0.6 is 0 Å². The van der Waals surface area contributed by atoms with Crippen LogP contribution in [0, 0.1) is 16.6 Å². The van der Waals surface area contributed by atoms with Gasteiger partial charge in [0.2, 0.25) is 0 Å². The molecule has 1 fully saturated rings. The summed E-state index contributed by atoms with van der Waals surface area (Å²) in [5.41, 5.74) is -2.11. The lowest BCUT2D eigenvalue weighted by atomic mass is 9.78. The van der Waals surface area contributed by atoms with Crippen molar-refractivity contribution in [1.82, 2.24) is 10.2 Å². The molecule has 0 aliphatic heterocycles. The van der Waals surface area contributed by atoms with E-state index < -0.39 is 35.6 Å². The molecule has 1 N–H and O–H groups in total. The normalized spacial score (nSPS) is 17.9. The molecule has 5 nitrogen and oxygen atoms in total. The van der Waals surface area contributed by atoms with E-state index in [2.05, 4.69) is 10.5 Å². The molecule has 2 aromatic rings. The summed E-state index contributed by atoms with van der Waals surface area (Å²) in [7, 11) is 3.49. The summed E-state index contributed by atoms with van der Waals surface area (Å²) in [6, 6.07) is 7.76. The summed E-state index contributed by atoms with van der Waals surface area (Å²) in [6.45, 7) is 0.0460. The predicted octanol–water partition coefficient (Wildman–Crippen LogP) is 7.36. The molecular formula is C25H28F7N3O2. The summed E-state index contributed by atoms with van der Waals surface area (Å²) in [5, 5.41) is 4.92.